The van der Waals surface area contributed by atoms with E-state index in [4.69, 9.17) is 16.3 Å². The summed E-state index contributed by atoms with van der Waals surface area (Å²) >= 11 is 6.01. The lowest BCUT2D eigenvalue weighted by molar-refractivity contribution is -0.121. The van der Waals surface area contributed by atoms with Crippen molar-refractivity contribution < 1.29 is 14.3 Å². The van der Waals surface area contributed by atoms with E-state index in [9.17, 15) is 9.59 Å². The minimum Gasteiger partial charge on any atom is -0.381 e. The first-order valence-electron chi connectivity index (χ1n) is 8.63. The second-order valence-corrected chi connectivity index (χ2v) is 6.79. The number of urea groups is 1. The minimum absolute atomic E-state index is 0.108. The monoisotopic (exact) mass is 367 g/mol. The number of carbonyl (C=O) groups is 2. The van der Waals surface area contributed by atoms with E-state index in [-0.39, 0.29) is 11.3 Å². The van der Waals surface area contributed by atoms with Gasteiger partial charge in [0, 0.05) is 36.7 Å². The second-order valence-electron chi connectivity index (χ2n) is 6.35. The van der Waals surface area contributed by atoms with E-state index in [0.717, 1.165) is 12.8 Å². The van der Waals surface area contributed by atoms with Crippen LogP contribution in [0.4, 0.5) is 4.79 Å². The zero-order valence-corrected chi connectivity index (χ0v) is 15.5. The first-order chi connectivity index (χ1) is 12.0. The number of carbonyl (C=O) groups excluding carboxylic acids is 2. The van der Waals surface area contributed by atoms with Crippen molar-refractivity contribution in [1.82, 2.24) is 16.0 Å². The van der Waals surface area contributed by atoms with Crippen molar-refractivity contribution in [3.05, 3.63) is 34.9 Å². The number of halogens is 1. The Morgan fingerprint density at radius 1 is 1.24 bits per heavy atom. The highest BCUT2D eigenvalue weighted by Gasteiger charge is 2.35. The van der Waals surface area contributed by atoms with Gasteiger partial charge in [-0.05, 0) is 44.4 Å². The van der Waals surface area contributed by atoms with Crippen LogP contribution in [0.15, 0.2) is 24.3 Å². The molecular weight excluding hydrogens is 342 g/mol. The molecule has 1 heterocycles. The van der Waals surface area contributed by atoms with E-state index in [0.29, 0.717) is 31.3 Å². The van der Waals surface area contributed by atoms with Crippen LogP contribution in [0.3, 0.4) is 0 Å². The Morgan fingerprint density at radius 3 is 2.48 bits per heavy atom. The minimum atomic E-state index is -0.477. The Balaban J connectivity index is 2.01. The molecule has 0 spiro atoms. The lowest BCUT2D eigenvalue weighted by atomic mass is 9.74. The van der Waals surface area contributed by atoms with Crippen molar-refractivity contribution in [3.63, 3.8) is 0 Å². The van der Waals surface area contributed by atoms with Gasteiger partial charge in [0.2, 0.25) is 5.91 Å². The van der Waals surface area contributed by atoms with E-state index < -0.39 is 12.1 Å². The number of imide groups is 1. The molecule has 0 aliphatic carbocycles. The first-order valence-corrected chi connectivity index (χ1v) is 9.00. The topological polar surface area (TPSA) is 79.5 Å². The van der Waals surface area contributed by atoms with E-state index in [1.54, 1.807) is 13.8 Å². The highest BCUT2D eigenvalue weighted by molar-refractivity contribution is 6.30. The zero-order valence-electron chi connectivity index (χ0n) is 14.7. The molecular formula is C18H26ClN3O3. The Labute approximate surface area is 153 Å². The molecule has 0 bridgehead atoms. The van der Waals surface area contributed by atoms with Crippen LogP contribution in [-0.2, 0) is 14.9 Å². The lowest BCUT2D eigenvalue weighted by Gasteiger charge is -2.38. The maximum atomic E-state index is 12.1. The normalized spacial score (nSPS) is 17.6. The van der Waals surface area contributed by atoms with Gasteiger partial charge in [-0.25, -0.2) is 4.79 Å². The molecule has 0 radical (unpaired) electrons. The number of ether oxygens (including phenoxy) is 1. The van der Waals surface area contributed by atoms with Gasteiger partial charge in [0.25, 0.3) is 0 Å². The van der Waals surface area contributed by atoms with Crippen molar-refractivity contribution in [2.75, 3.05) is 26.3 Å². The van der Waals surface area contributed by atoms with Crippen molar-refractivity contribution >= 4 is 23.5 Å². The van der Waals surface area contributed by atoms with Gasteiger partial charge >= 0.3 is 6.03 Å². The molecule has 1 saturated heterocycles. The molecule has 1 atom stereocenters. The highest BCUT2D eigenvalue weighted by Crippen LogP contribution is 2.35. The van der Waals surface area contributed by atoms with Crippen LogP contribution in [0, 0.1) is 0 Å². The predicted molar refractivity (Wildman–Crippen MR) is 97.9 cm³/mol. The van der Waals surface area contributed by atoms with Crippen LogP contribution in [0.2, 0.25) is 5.02 Å². The largest absolute Gasteiger partial charge is 0.381 e. The van der Waals surface area contributed by atoms with E-state index in [1.807, 2.05) is 24.3 Å². The SMILES string of the molecule is CCNC(=O)NC(=O)[C@@H](C)NCC1(c2ccc(Cl)cc2)CCOCC1. The van der Waals surface area contributed by atoms with E-state index in [2.05, 4.69) is 16.0 Å². The maximum absolute atomic E-state index is 12.1. The Hall–Kier alpha value is -1.63. The van der Waals surface area contributed by atoms with Crippen molar-refractivity contribution in [2.45, 2.75) is 38.1 Å². The molecule has 1 aromatic carbocycles. The molecule has 1 fully saturated rings. The summed E-state index contributed by atoms with van der Waals surface area (Å²) in [7, 11) is 0. The summed E-state index contributed by atoms with van der Waals surface area (Å²) in [5.41, 5.74) is 1.08. The van der Waals surface area contributed by atoms with Crippen LogP contribution in [0.1, 0.15) is 32.3 Å². The summed E-state index contributed by atoms with van der Waals surface area (Å²) in [4.78, 5) is 23.6. The average Bonchev–Trinajstić information content (AvgIpc) is 2.61. The Bertz CT molecular complexity index is 586. The third-order valence-electron chi connectivity index (χ3n) is 4.62. The second kappa shape index (κ2) is 9.17. The molecule has 25 heavy (non-hydrogen) atoms. The molecule has 3 N–H and O–H groups in total. The quantitative estimate of drug-likeness (QED) is 0.720. The van der Waals surface area contributed by atoms with Crippen molar-refractivity contribution in [3.8, 4) is 0 Å². The maximum Gasteiger partial charge on any atom is 0.321 e. The zero-order chi connectivity index (χ0) is 18.3. The predicted octanol–water partition coefficient (Wildman–Crippen LogP) is 2.21. The van der Waals surface area contributed by atoms with Gasteiger partial charge in [0.05, 0.1) is 6.04 Å². The fraction of sp³-hybridized carbons (Fsp3) is 0.556. The van der Waals surface area contributed by atoms with Crippen LogP contribution in [-0.4, -0.2) is 44.3 Å². The number of benzene rings is 1. The van der Waals surface area contributed by atoms with E-state index >= 15 is 0 Å². The Kier molecular flexibility index (Phi) is 7.23. The summed E-state index contributed by atoms with van der Waals surface area (Å²) in [6.45, 7) is 6.02. The Morgan fingerprint density at radius 2 is 1.88 bits per heavy atom. The van der Waals surface area contributed by atoms with Gasteiger partial charge in [-0.2, -0.15) is 0 Å². The van der Waals surface area contributed by atoms with Gasteiger partial charge < -0.3 is 15.4 Å². The van der Waals surface area contributed by atoms with Crippen LogP contribution in [0.25, 0.3) is 0 Å². The molecule has 2 rings (SSSR count). The summed E-state index contributed by atoms with van der Waals surface area (Å²) < 4.78 is 5.52. The number of amides is 3. The smallest absolute Gasteiger partial charge is 0.321 e. The first kappa shape index (κ1) is 19.7. The van der Waals surface area contributed by atoms with Gasteiger partial charge in [0.15, 0.2) is 0 Å². The average molecular weight is 368 g/mol. The summed E-state index contributed by atoms with van der Waals surface area (Å²) in [6, 6.07) is 6.90. The number of hydrogen-bond donors (Lipinski definition) is 3. The van der Waals surface area contributed by atoms with Gasteiger partial charge in [-0.3, -0.25) is 10.1 Å². The summed E-state index contributed by atoms with van der Waals surface area (Å²) in [5.74, 6) is -0.343. The van der Waals surface area contributed by atoms with Gasteiger partial charge in [-0.1, -0.05) is 23.7 Å². The van der Waals surface area contributed by atoms with Crippen LogP contribution in [0.5, 0.6) is 0 Å². The number of nitrogens with one attached hydrogen (secondary N) is 3. The van der Waals surface area contributed by atoms with Crippen molar-refractivity contribution in [2.24, 2.45) is 0 Å². The van der Waals surface area contributed by atoms with Gasteiger partial charge in [0.1, 0.15) is 0 Å². The number of hydrogen-bond acceptors (Lipinski definition) is 4. The molecule has 7 heteroatoms. The summed E-state index contributed by atoms with van der Waals surface area (Å²) in [6.07, 6.45) is 1.73. The third kappa shape index (κ3) is 5.42. The molecule has 1 aliphatic heterocycles. The lowest BCUT2D eigenvalue weighted by Crippen LogP contribution is -2.52. The molecule has 138 valence electrons. The number of rotatable bonds is 6. The molecule has 1 aromatic rings. The van der Waals surface area contributed by atoms with Crippen LogP contribution < -0.4 is 16.0 Å². The van der Waals surface area contributed by atoms with E-state index in [1.165, 1.54) is 5.56 Å². The third-order valence-corrected chi connectivity index (χ3v) is 4.87. The molecule has 6 nitrogen and oxygen atoms in total. The standard InChI is InChI=1S/C18H26ClN3O3/c1-3-20-17(24)22-16(23)13(2)21-12-18(8-10-25-11-9-18)14-4-6-15(19)7-5-14/h4-7,13,21H,3,8-12H2,1-2H3,(H2,20,22,23,24)/t13-/m1/s1. The molecule has 0 aromatic heterocycles. The fourth-order valence-corrected chi connectivity index (χ4v) is 3.13. The molecule has 1 aliphatic rings. The van der Waals surface area contributed by atoms with Crippen molar-refractivity contribution in [1.29, 1.82) is 0 Å². The highest BCUT2D eigenvalue weighted by atomic mass is 35.5. The van der Waals surface area contributed by atoms with Gasteiger partial charge in [-0.15, -0.1) is 0 Å². The molecule has 0 unspecified atom stereocenters. The van der Waals surface area contributed by atoms with Crippen LogP contribution >= 0.6 is 11.6 Å². The fourth-order valence-electron chi connectivity index (χ4n) is 3.00. The summed E-state index contributed by atoms with van der Waals surface area (Å²) in [5, 5.41) is 8.86. The molecule has 3 amide bonds. The molecule has 0 saturated carbocycles.